The fraction of sp³-hybridized carbons (Fsp3) is 0.174. The minimum Gasteiger partial charge on any atom is -0.406 e. The molecule has 1 aliphatic rings. The van der Waals surface area contributed by atoms with E-state index in [1.165, 1.54) is 30.5 Å². The summed E-state index contributed by atoms with van der Waals surface area (Å²) in [7, 11) is 0. The van der Waals surface area contributed by atoms with Crippen LogP contribution in [0.15, 0.2) is 72.0 Å². The van der Waals surface area contributed by atoms with Crippen LogP contribution in [0.2, 0.25) is 5.02 Å². The number of aromatic nitrogens is 1. The average Bonchev–Trinajstić information content (AvgIpc) is 3.25. The molecule has 0 aliphatic carbocycles. The first kappa shape index (κ1) is 26.1. The van der Waals surface area contributed by atoms with Crippen LogP contribution in [0.4, 0.5) is 36.8 Å². The highest BCUT2D eigenvalue weighted by Gasteiger charge is 2.35. The summed E-state index contributed by atoms with van der Waals surface area (Å²) in [6.45, 7) is 0.0197. The number of amides is 2. The monoisotopic (exact) mass is 544 g/mol. The molecular formula is C23H15ClF6N4O3. The van der Waals surface area contributed by atoms with E-state index < -0.39 is 36.2 Å². The van der Waals surface area contributed by atoms with Crippen LogP contribution in [-0.4, -0.2) is 41.0 Å². The molecule has 0 saturated carbocycles. The van der Waals surface area contributed by atoms with Gasteiger partial charge in [0, 0.05) is 11.9 Å². The SMILES string of the molecule is O=C(Nc1ccc(OC(F)(F)F)cc1)N1CC(c2ccc(Cl)cn2)C(c2ccc(OC(F)(F)F)cc2)=N1. The van der Waals surface area contributed by atoms with Crippen molar-refractivity contribution in [3.05, 3.63) is 83.1 Å². The second-order valence-corrected chi connectivity index (χ2v) is 8.03. The lowest BCUT2D eigenvalue weighted by Crippen LogP contribution is -2.30. The number of alkyl halides is 6. The Kier molecular flexibility index (Phi) is 7.16. The van der Waals surface area contributed by atoms with Crippen molar-refractivity contribution in [3.8, 4) is 11.5 Å². The van der Waals surface area contributed by atoms with Crippen molar-refractivity contribution in [2.75, 3.05) is 11.9 Å². The van der Waals surface area contributed by atoms with Crippen molar-refractivity contribution in [3.63, 3.8) is 0 Å². The second kappa shape index (κ2) is 10.2. The maximum absolute atomic E-state index is 12.9. The van der Waals surface area contributed by atoms with E-state index in [0.29, 0.717) is 22.0 Å². The summed E-state index contributed by atoms with van der Waals surface area (Å²) < 4.78 is 82.2. The summed E-state index contributed by atoms with van der Waals surface area (Å²) in [4.78, 5) is 17.1. The number of pyridine rings is 1. The van der Waals surface area contributed by atoms with Crippen molar-refractivity contribution in [2.45, 2.75) is 18.6 Å². The van der Waals surface area contributed by atoms with Crippen LogP contribution in [0, 0.1) is 0 Å². The average molecular weight is 545 g/mol. The van der Waals surface area contributed by atoms with E-state index in [0.717, 1.165) is 29.3 Å². The van der Waals surface area contributed by atoms with Gasteiger partial charge in [-0.15, -0.1) is 26.3 Å². The Morgan fingerprint density at radius 3 is 1.97 bits per heavy atom. The summed E-state index contributed by atoms with van der Waals surface area (Å²) >= 11 is 5.91. The third-order valence-corrected chi connectivity index (χ3v) is 5.20. The van der Waals surface area contributed by atoms with Crippen molar-refractivity contribution in [1.82, 2.24) is 9.99 Å². The van der Waals surface area contributed by atoms with Crippen molar-refractivity contribution in [2.24, 2.45) is 5.10 Å². The lowest BCUT2D eigenvalue weighted by Gasteiger charge is -2.16. The molecule has 194 valence electrons. The first-order valence-electron chi connectivity index (χ1n) is 10.4. The van der Waals surface area contributed by atoms with Gasteiger partial charge in [0.15, 0.2) is 0 Å². The summed E-state index contributed by atoms with van der Waals surface area (Å²) in [5.41, 5.74) is 1.44. The minimum absolute atomic E-state index is 0.0197. The zero-order valence-corrected chi connectivity index (χ0v) is 19.1. The van der Waals surface area contributed by atoms with Crippen molar-refractivity contribution < 1.29 is 40.6 Å². The number of anilines is 1. The predicted octanol–water partition coefficient (Wildman–Crippen LogP) is 6.57. The van der Waals surface area contributed by atoms with Gasteiger partial charge in [0.2, 0.25) is 0 Å². The quantitative estimate of drug-likeness (QED) is 0.369. The van der Waals surface area contributed by atoms with E-state index in [2.05, 4.69) is 24.9 Å². The smallest absolute Gasteiger partial charge is 0.406 e. The summed E-state index contributed by atoms with van der Waals surface area (Å²) in [6, 6.07) is 12.0. The number of hydrogen-bond acceptors (Lipinski definition) is 5. The highest BCUT2D eigenvalue weighted by Crippen LogP contribution is 2.31. The molecule has 0 bridgehead atoms. The first-order valence-corrected chi connectivity index (χ1v) is 10.7. The van der Waals surface area contributed by atoms with Gasteiger partial charge in [-0.1, -0.05) is 11.6 Å². The van der Waals surface area contributed by atoms with Crippen LogP contribution in [0.5, 0.6) is 11.5 Å². The number of hydrogen-bond donors (Lipinski definition) is 1. The molecule has 2 aromatic carbocycles. The number of urea groups is 1. The Labute approximate surface area is 210 Å². The molecule has 0 saturated heterocycles. The number of nitrogens with zero attached hydrogens (tertiary/aromatic N) is 3. The number of nitrogens with one attached hydrogen (secondary N) is 1. The fourth-order valence-electron chi connectivity index (χ4n) is 3.47. The number of carbonyl (C=O) groups is 1. The third-order valence-electron chi connectivity index (χ3n) is 4.98. The molecule has 1 N–H and O–H groups in total. The molecule has 0 fully saturated rings. The van der Waals surface area contributed by atoms with Crippen LogP contribution < -0.4 is 14.8 Å². The molecule has 1 atom stereocenters. The van der Waals surface area contributed by atoms with Crippen LogP contribution in [0.25, 0.3) is 0 Å². The van der Waals surface area contributed by atoms with E-state index in [4.69, 9.17) is 11.6 Å². The first-order chi connectivity index (χ1) is 17.4. The standard InChI is InChI=1S/C23H15ClF6N4O3/c24-14-3-10-19(31-11-14)18-12-34(21(35)32-15-4-8-17(9-5-15)37-23(28,29)30)33-20(18)13-1-6-16(7-2-13)36-22(25,26)27/h1-11,18H,12H2,(H,32,35). The van der Waals surface area contributed by atoms with Gasteiger partial charge in [0.25, 0.3) is 0 Å². The Balaban J connectivity index is 1.55. The molecule has 0 spiro atoms. The van der Waals surface area contributed by atoms with Gasteiger partial charge < -0.3 is 14.8 Å². The summed E-state index contributed by atoms with van der Waals surface area (Å²) in [5.74, 6) is -1.44. The van der Waals surface area contributed by atoms with E-state index in [9.17, 15) is 31.1 Å². The highest BCUT2D eigenvalue weighted by atomic mass is 35.5. The lowest BCUT2D eigenvalue weighted by atomic mass is 9.94. The molecule has 1 unspecified atom stereocenters. The number of carbonyl (C=O) groups excluding carboxylic acids is 1. The highest BCUT2D eigenvalue weighted by molar-refractivity contribution is 6.30. The predicted molar refractivity (Wildman–Crippen MR) is 120 cm³/mol. The minimum atomic E-state index is -4.85. The third kappa shape index (κ3) is 7.03. The number of hydrazone groups is 1. The molecule has 37 heavy (non-hydrogen) atoms. The molecule has 1 aliphatic heterocycles. The Bertz CT molecular complexity index is 1280. The van der Waals surface area contributed by atoms with Crippen LogP contribution in [-0.2, 0) is 0 Å². The molecule has 2 heterocycles. The molecule has 2 amide bonds. The van der Waals surface area contributed by atoms with Gasteiger partial charge in [-0.2, -0.15) is 5.10 Å². The van der Waals surface area contributed by atoms with Crippen molar-refractivity contribution in [1.29, 1.82) is 0 Å². The largest absolute Gasteiger partial charge is 0.573 e. The van der Waals surface area contributed by atoms with E-state index in [1.54, 1.807) is 12.1 Å². The van der Waals surface area contributed by atoms with Gasteiger partial charge in [-0.05, 0) is 66.2 Å². The number of rotatable bonds is 5. The topological polar surface area (TPSA) is 76.0 Å². The van der Waals surface area contributed by atoms with Gasteiger partial charge in [-0.3, -0.25) is 4.98 Å². The zero-order valence-electron chi connectivity index (χ0n) is 18.3. The molecule has 4 rings (SSSR count). The second-order valence-electron chi connectivity index (χ2n) is 7.60. The summed E-state index contributed by atoms with van der Waals surface area (Å²) in [5, 5.41) is 8.31. The van der Waals surface area contributed by atoms with Gasteiger partial charge in [-0.25, -0.2) is 9.80 Å². The molecule has 3 aromatic rings. The molecule has 14 heteroatoms. The van der Waals surface area contributed by atoms with E-state index in [1.807, 2.05) is 0 Å². The maximum Gasteiger partial charge on any atom is 0.573 e. The molecular weight excluding hydrogens is 530 g/mol. The molecule has 7 nitrogen and oxygen atoms in total. The lowest BCUT2D eigenvalue weighted by molar-refractivity contribution is -0.275. The van der Waals surface area contributed by atoms with E-state index in [-0.39, 0.29) is 12.2 Å². The van der Waals surface area contributed by atoms with Crippen LogP contribution in [0.3, 0.4) is 0 Å². The number of halogens is 7. The fourth-order valence-corrected chi connectivity index (χ4v) is 3.58. The normalized spacial score (nSPS) is 15.8. The summed E-state index contributed by atoms with van der Waals surface area (Å²) in [6.07, 6.45) is -8.30. The van der Waals surface area contributed by atoms with Crippen molar-refractivity contribution >= 4 is 29.0 Å². The number of ether oxygens (including phenoxy) is 2. The maximum atomic E-state index is 12.9. The Morgan fingerprint density at radius 1 is 0.892 bits per heavy atom. The zero-order chi connectivity index (χ0) is 26.8. The Morgan fingerprint density at radius 2 is 1.46 bits per heavy atom. The number of benzene rings is 2. The van der Waals surface area contributed by atoms with Gasteiger partial charge in [0.1, 0.15) is 11.5 Å². The molecule has 0 radical (unpaired) electrons. The van der Waals surface area contributed by atoms with Crippen LogP contribution in [0.1, 0.15) is 17.2 Å². The molecule has 1 aromatic heterocycles. The van der Waals surface area contributed by atoms with E-state index >= 15 is 0 Å². The van der Waals surface area contributed by atoms with Gasteiger partial charge in [0.05, 0.1) is 28.9 Å². The Hall–Kier alpha value is -4.00. The van der Waals surface area contributed by atoms with Crippen LogP contribution >= 0.6 is 11.6 Å². The van der Waals surface area contributed by atoms with Gasteiger partial charge >= 0.3 is 18.8 Å².